The number of ether oxygens (including phenoxy) is 1. The standard InChI is InChI=1S/C28H37N3O5S/c1-6-26(4)13-19(36-20(33)14-37-25-30-23-17(9-12-29-23)24(35)31-25)27(5)15(2)7-10-28(16(3)22(26)34)11-8-18(32)21(27)28/h6,9,12,15-16,19,21-22,34H,1,7-8,10-11,13-14H2,2-5H3,(H2,29,30,31,35)/t15-,16+,19-,21+,22+,26-,27+,28+/m1/s1. The summed E-state index contributed by atoms with van der Waals surface area (Å²) < 4.78 is 6.25. The number of aliphatic hydroxyl groups excluding tert-OH is 1. The molecule has 2 aromatic rings. The number of fused-ring (bicyclic) bond motifs is 1. The van der Waals surface area contributed by atoms with Crippen LogP contribution in [0.3, 0.4) is 0 Å². The first kappa shape index (κ1) is 26.2. The number of hydrogen-bond acceptors (Lipinski definition) is 7. The smallest absolute Gasteiger partial charge is 0.316 e. The molecular formula is C28H37N3O5S. The molecule has 3 fully saturated rings. The number of aromatic amines is 2. The van der Waals surface area contributed by atoms with Crippen LogP contribution in [0, 0.1) is 34.0 Å². The van der Waals surface area contributed by atoms with Gasteiger partial charge >= 0.3 is 5.97 Å². The second-order valence-corrected chi connectivity index (χ2v) is 12.9. The number of nitrogens with one attached hydrogen (secondary N) is 2. The number of carbonyl (C=O) groups excluding carboxylic acids is 2. The molecule has 0 amide bonds. The van der Waals surface area contributed by atoms with Gasteiger partial charge in [0.25, 0.3) is 5.56 Å². The molecule has 3 N–H and O–H groups in total. The third-order valence-corrected chi connectivity index (χ3v) is 11.2. The molecule has 3 aliphatic rings. The van der Waals surface area contributed by atoms with Crippen molar-refractivity contribution in [1.29, 1.82) is 0 Å². The monoisotopic (exact) mass is 527 g/mol. The number of carbonyl (C=O) groups is 2. The van der Waals surface area contributed by atoms with Crippen molar-refractivity contribution in [2.24, 2.45) is 34.0 Å². The van der Waals surface area contributed by atoms with Gasteiger partial charge in [-0.3, -0.25) is 14.4 Å². The topological polar surface area (TPSA) is 125 Å². The van der Waals surface area contributed by atoms with E-state index < -0.39 is 29.0 Å². The number of rotatable bonds is 5. The van der Waals surface area contributed by atoms with Gasteiger partial charge in [-0.05, 0) is 49.0 Å². The molecule has 200 valence electrons. The SMILES string of the molecule is C=C[C@]1(C)C[C@@H](OC(=O)CSc2nc3[nH]ccc3c(=O)[nH]2)[C@]2(C)[C@H](C)CC[C@]3(CCC(=O)[C@H]32)[C@@H](C)[C@@H]1O. The van der Waals surface area contributed by atoms with Gasteiger partial charge in [-0.25, -0.2) is 4.98 Å². The van der Waals surface area contributed by atoms with Crippen molar-refractivity contribution in [2.45, 2.75) is 77.2 Å². The molecule has 2 bridgehead atoms. The highest BCUT2D eigenvalue weighted by molar-refractivity contribution is 7.99. The van der Waals surface area contributed by atoms with Gasteiger partial charge in [-0.15, -0.1) is 6.58 Å². The lowest BCUT2D eigenvalue weighted by Crippen LogP contribution is -2.63. The Morgan fingerprint density at radius 2 is 2.08 bits per heavy atom. The summed E-state index contributed by atoms with van der Waals surface area (Å²) in [6.45, 7) is 12.4. The molecule has 0 aliphatic heterocycles. The summed E-state index contributed by atoms with van der Waals surface area (Å²) in [6.07, 6.45) is 5.65. The van der Waals surface area contributed by atoms with E-state index in [2.05, 4.69) is 42.3 Å². The molecule has 3 saturated carbocycles. The van der Waals surface area contributed by atoms with E-state index in [-0.39, 0.29) is 40.3 Å². The minimum absolute atomic E-state index is 0.0381. The number of esters is 1. The molecule has 8 atom stereocenters. The molecule has 0 aromatic carbocycles. The zero-order valence-corrected chi connectivity index (χ0v) is 22.8. The summed E-state index contributed by atoms with van der Waals surface area (Å²) in [5, 5.41) is 12.4. The minimum atomic E-state index is -0.700. The lowest BCUT2D eigenvalue weighted by atomic mass is 9.44. The Bertz CT molecular complexity index is 1300. The fourth-order valence-electron chi connectivity index (χ4n) is 7.82. The summed E-state index contributed by atoms with van der Waals surface area (Å²) in [5.41, 5.74) is -1.35. The largest absolute Gasteiger partial charge is 0.461 e. The molecule has 0 unspecified atom stereocenters. The highest BCUT2D eigenvalue weighted by Gasteiger charge is 2.68. The van der Waals surface area contributed by atoms with Gasteiger partial charge in [0, 0.05) is 29.4 Å². The van der Waals surface area contributed by atoms with E-state index in [0.29, 0.717) is 29.0 Å². The zero-order chi connectivity index (χ0) is 26.8. The van der Waals surface area contributed by atoms with Crippen molar-refractivity contribution >= 4 is 34.5 Å². The average Bonchev–Trinajstić information content (AvgIpc) is 3.49. The third-order valence-electron chi connectivity index (χ3n) is 10.3. The molecule has 0 spiro atoms. The Kier molecular flexibility index (Phi) is 6.46. The summed E-state index contributed by atoms with van der Waals surface area (Å²) in [6, 6.07) is 1.65. The lowest BCUT2D eigenvalue weighted by molar-refractivity contribution is -0.205. The van der Waals surface area contributed by atoms with Crippen molar-refractivity contribution in [3.63, 3.8) is 0 Å². The van der Waals surface area contributed by atoms with Gasteiger partial charge in [0.1, 0.15) is 17.5 Å². The van der Waals surface area contributed by atoms with E-state index >= 15 is 0 Å². The lowest BCUT2D eigenvalue weighted by Gasteiger charge is -2.61. The molecule has 3 aliphatic carbocycles. The molecular weight excluding hydrogens is 490 g/mol. The van der Waals surface area contributed by atoms with Crippen LogP contribution < -0.4 is 5.56 Å². The van der Waals surface area contributed by atoms with E-state index in [1.807, 2.05) is 6.92 Å². The highest BCUT2D eigenvalue weighted by atomic mass is 32.2. The second kappa shape index (κ2) is 9.12. The maximum atomic E-state index is 13.5. The Morgan fingerprint density at radius 1 is 1.32 bits per heavy atom. The molecule has 2 heterocycles. The normalized spacial score (nSPS) is 39.6. The first-order valence-electron chi connectivity index (χ1n) is 13.2. The summed E-state index contributed by atoms with van der Waals surface area (Å²) in [4.78, 5) is 49.0. The van der Waals surface area contributed by atoms with Crippen LogP contribution in [-0.4, -0.2) is 49.8 Å². The third kappa shape index (κ3) is 3.92. The zero-order valence-electron chi connectivity index (χ0n) is 22.0. The molecule has 0 radical (unpaired) electrons. The van der Waals surface area contributed by atoms with E-state index in [1.165, 1.54) is 0 Å². The van der Waals surface area contributed by atoms with E-state index in [9.17, 15) is 19.5 Å². The Balaban J connectivity index is 1.46. The van der Waals surface area contributed by atoms with Crippen molar-refractivity contribution in [3.8, 4) is 0 Å². The van der Waals surface area contributed by atoms with E-state index in [1.54, 1.807) is 18.3 Å². The van der Waals surface area contributed by atoms with Crippen LogP contribution >= 0.6 is 11.8 Å². The van der Waals surface area contributed by atoms with Crippen molar-refractivity contribution in [2.75, 3.05) is 5.75 Å². The molecule has 9 heteroatoms. The average molecular weight is 528 g/mol. The van der Waals surface area contributed by atoms with E-state index in [0.717, 1.165) is 31.0 Å². The van der Waals surface area contributed by atoms with Crippen LogP contribution in [-0.2, 0) is 14.3 Å². The quantitative estimate of drug-likeness (QED) is 0.230. The van der Waals surface area contributed by atoms with Crippen LogP contribution in [0.4, 0.5) is 0 Å². The first-order chi connectivity index (χ1) is 17.5. The second-order valence-electron chi connectivity index (χ2n) is 12.0. The van der Waals surface area contributed by atoms with Gasteiger partial charge in [-0.2, -0.15) is 0 Å². The molecule has 2 aromatic heterocycles. The van der Waals surface area contributed by atoms with Gasteiger partial charge in [0.05, 0.1) is 17.2 Å². The van der Waals surface area contributed by atoms with Crippen molar-refractivity contribution in [3.05, 3.63) is 35.3 Å². The number of nitrogens with zero attached hydrogens (tertiary/aromatic N) is 1. The highest BCUT2D eigenvalue weighted by Crippen LogP contribution is 2.68. The first-order valence-corrected chi connectivity index (χ1v) is 14.2. The van der Waals surface area contributed by atoms with Gasteiger partial charge in [0.15, 0.2) is 5.16 Å². The van der Waals surface area contributed by atoms with Crippen molar-refractivity contribution in [1.82, 2.24) is 15.0 Å². The summed E-state index contributed by atoms with van der Waals surface area (Å²) in [7, 11) is 0. The van der Waals surface area contributed by atoms with Gasteiger partial charge in [0.2, 0.25) is 0 Å². The molecule has 8 nitrogen and oxygen atoms in total. The van der Waals surface area contributed by atoms with Crippen LogP contribution in [0.5, 0.6) is 0 Å². The number of thioether (sulfide) groups is 1. The van der Waals surface area contributed by atoms with Gasteiger partial charge < -0.3 is 19.8 Å². The Morgan fingerprint density at radius 3 is 2.81 bits per heavy atom. The van der Waals surface area contributed by atoms with Crippen LogP contribution in [0.1, 0.15) is 59.8 Å². The summed E-state index contributed by atoms with van der Waals surface area (Å²) >= 11 is 1.11. The number of aromatic nitrogens is 3. The van der Waals surface area contributed by atoms with Crippen LogP contribution in [0.15, 0.2) is 34.9 Å². The Labute approximate surface area is 221 Å². The number of aliphatic hydroxyl groups is 1. The minimum Gasteiger partial charge on any atom is -0.461 e. The summed E-state index contributed by atoms with van der Waals surface area (Å²) in [5.74, 6) is -0.411. The maximum absolute atomic E-state index is 13.5. The van der Waals surface area contributed by atoms with Crippen LogP contribution in [0.2, 0.25) is 0 Å². The molecule has 0 saturated heterocycles. The number of ketones is 1. The fourth-order valence-corrected chi connectivity index (χ4v) is 8.46. The predicted molar refractivity (Wildman–Crippen MR) is 142 cm³/mol. The number of H-pyrrole nitrogens is 2. The number of hydrogen-bond donors (Lipinski definition) is 3. The Hall–Kier alpha value is -2.39. The van der Waals surface area contributed by atoms with Gasteiger partial charge in [-0.1, -0.05) is 45.5 Å². The molecule has 5 rings (SSSR count). The van der Waals surface area contributed by atoms with Crippen molar-refractivity contribution < 1.29 is 19.4 Å². The predicted octanol–water partition coefficient (Wildman–Crippen LogP) is 4.25. The van der Waals surface area contributed by atoms with Crippen LogP contribution in [0.25, 0.3) is 11.0 Å². The molecule has 37 heavy (non-hydrogen) atoms. The van der Waals surface area contributed by atoms with E-state index in [4.69, 9.17) is 4.74 Å². The number of Topliss-reactive ketones (excluding diaryl/α,β-unsaturated/α-hetero) is 1. The fraction of sp³-hybridized carbons (Fsp3) is 0.643. The maximum Gasteiger partial charge on any atom is 0.316 e.